The molecule has 2 amide bonds. The molecule has 2 N–H and O–H groups in total. The normalized spacial score (nSPS) is 26.5. The van der Waals surface area contributed by atoms with Gasteiger partial charge in [-0.15, -0.1) is 0 Å². The number of amides is 2. The third-order valence-corrected chi connectivity index (χ3v) is 3.77. The lowest BCUT2D eigenvalue weighted by Crippen LogP contribution is -2.42. The summed E-state index contributed by atoms with van der Waals surface area (Å²) in [6.07, 6.45) is 5.52. The Balaban J connectivity index is 2.14. The Labute approximate surface area is 96.2 Å². The zero-order valence-electron chi connectivity index (χ0n) is 9.87. The highest BCUT2D eigenvalue weighted by Gasteiger charge is 2.51. The number of rotatable bonds is 2. The van der Waals surface area contributed by atoms with Crippen molar-refractivity contribution in [1.82, 2.24) is 4.90 Å². The molecule has 90 valence electrons. The van der Waals surface area contributed by atoms with E-state index in [0.717, 1.165) is 25.7 Å². The van der Waals surface area contributed by atoms with E-state index in [-0.39, 0.29) is 23.3 Å². The number of nitrogens with zero attached hydrogens (tertiary/aromatic N) is 1. The van der Waals surface area contributed by atoms with Crippen LogP contribution in [0.25, 0.3) is 0 Å². The van der Waals surface area contributed by atoms with Gasteiger partial charge in [-0.3, -0.25) is 14.5 Å². The van der Waals surface area contributed by atoms with E-state index in [9.17, 15) is 9.59 Å². The van der Waals surface area contributed by atoms with E-state index in [2.05, 4.69) is 0 Å². The lowest BCUT2D eigenvalue weighted by atomic mass is 9.73. The summed E-state index contributed by atoms with van der Waals surface area (Å²) in [6.45, 7) is 2.20. The predicted molar refractivity (Wildman–Crippen MR) is 60.5 cm³/mol. The van der Waals surface area contributed by atoms with Crippen molar-refractivity contribution in [2.75, 3.05) is 6.54 Å². The van der Waals surface area contributed by atoms with Gasteiger partial charge in [0.2, 0.25) is 11.8 Å². The molecule has 16 heavy (non-hydrogen) atoms. The van der Waals surface area contributed by atoms with Crippen molar-refractivity contribution in [3.05, 3.63) is 0 Å². The molecular formula is C12H20N2O2. The van der Waals surface area contributed by atoms with E-state index in [1.54, 1.807) is 0 Å². The van der Waals surface area contributed by atoms with Gasteiger partial charge in [0.25, 0.3) is 0 Å². The van der Waals surface area contributed by atoms with Crippen LogP contribution >= 0.6 is 0 Å². The van der Waals surface area contributed by atoms with Crippen molar-refractivity contribution < 1.29 is 9.59 Å². The molecule has 2 aliphatic rings. The Morgan fingerprint density at radius 2 is 1.94 bits per heavy atom. The lowest BCUT2D eigenvalue weighted by Gasteiger charge is -2.30. The molecule has 2 rings (SSSR count). The summed E-state index contributed by atoms with van der Waals surface area (Å²) in [6, 6.07) is -0.133. The van der Waals surface area contributed by atoms with Crippen LogP contribution in [0.2, 0.25) is 0 Å². The molecule has 0 aromatic heterocycles. The third kappa shape index (κ3) is 1.86. The number of carbonyl (C=O) groups excluding carboxylic acids is 2. The number of imide groups is 1. The minimum absolute atomic E-state index is 0.0239. The van der Waals surface area contributed by atoms with Gasteiger partial charge in [0.1, 0.15) is 0 Å². The topological polar surface area (TPSA) is 63.4 Å². The van der Waals surface area contributed by atoms with Gasteiger partial charge >= 0.3 is 0 Å². The molecule has 0 aromatic carbocycles. The summed E-state index contributed by atoms with van der Waals surface area (Å²) < 4.78 is 0. The molecule has 2 fully saturated rings. The lowest BCUT2D eigenvalue weighted by molar-refractivity contribution is -0.142. The average molecular weight is 224 g/mol. The maximum Gasteiger partial charge on any atom is 0.235 e. The van der Waals surface area contributed by atoms with Crippen LogP contribution in [-0.2, 0) is 9.59 Å². The second-order valence-corrected chi connectivity index (χ2v) is 5.30. The summed E-state index contributed by atoms with van der Waals surface area (Å²) >= 11 is 0. The van der Waals surface area contributed by atoms with E-state index >= 15 is 0 Å². The van der Waals surface area contributed by atoms with Crippen LogP contribution in [0.1, 0.15) is 45.4 Å². The molecule has 1 saturated carbocycles. The zero-order chi connectivity index (χ0) is 11.8. The van der Waals surface area contributed by atoms with Crippen LogP contribution in [0.5, 0.6) is 0 Å². The Hall–Kier alpha value is -0.900. The maximum atomic E-state index is 12.3. The number of nitrogens with two attached hydrogens (primary N) is 1. The Morgan fingerprint density at radius 1 is 1.31 bits per heavy atom. The van der Waals surface area contributed by atoms with Crippen LogP contribution in [0.4, 0.5) is 0 Å². The minimum Gasteiger partial charge on any atom is -0.326 e. The molecule has 1 saturated heterocycles. The molecule has 0 aromatic rings. The van der Waals surface area contributed by atoms with Crippen LogP contribution in [-0.4, -0.2) is 29.3 Å². The summed E-state index contributed by atoms with van der Waals surface area (Å²) in [5.74, 6) is 0.0127. The van der Waals surface area contributed by atoms with E-state index in [0.29, 0.717) is 13.0 Å². The van der Waals surface area contributed by atoms with Crippen LogP contribution in [0.15, 0.2) is 0 Å². The van der Waals surface area contributed by atoms with Crippen LogP contribution < -0.4 is 5.73 Å². The highest BCUT2D eigenvalue weighted by Crippen LogP contribution is 2.45. The first-order chi connectivity index (χ1) is 7.55. The highest BCUT2D eigenvalue weighted by molar-refractivity contribution is 6.05. The van der Waals surface area contributed by atoms with Gasteiger partial charge in [0, 0.05) is 19.0 Å². The Kier molecular flexibility index (Phi) is 3.02. The van der Waals surface area contributed by atoms with Gasteiger partial charge < -0.3 is 5.73 Å². The Bertz CT molecular complexity index is 306. The van der Waals surface area contributed by atoms with Gasteiger partial charge in [-0.05, 0) is 19.8 Å². The molecule has 1 spiro atoms. The van der Waals surface area contributed by atoms with Crippen molar-refractivity contribution in [2.45, 2.75) is 51.5 Å². The van der Waals surface area contributed by atoms with E-state index < -0.39 is 0 Å². The van der Waals surface area contributed by atoms with Gasteiger partial charge in [-0.1, -0.05) is 19.3 Å². The molecule has 0 radical (unpaired) electrons. The SMILES string of the molecule is CC(N)CN1C(=O)CC2(CCCCC2)C1=O. The second-order valence-electron chi connectivity index (χ2n) is 5.30. The molecule has 1 aliphatic heterocycles. The highest BCUT2D eigenvalue weighted by atomic mass is 16.2. The van der Waals surface area contributed by atoms with Gasteiger partial charge in [-0.2, -0.15) is 0 Å². The smallest absolute Gasteiger partial charge is 0.235 e. The second kappa shape index (κ2) is 4.17. The average Bonchev–Trinajstić information content (AvgIpc) is 2.44. The maximum absolute atomic E-state index is 12.3. The monoisotopic (exact) mass is 224 g/mol. The number of carbonyl (C=O) groups is 2. The minimum atomic E-state index is -0.357. The van der Waals surface area contributed by atoms with Crippen LogP contribution in [0.3, 0.4) is 0 Å². The quantitative estimate of drug-likeness (QED) is 0.713. The molecule has 1 unspecified atom stereocenters. The van der Waals surface area contributed by atoms with Crippen LogP contribution in [0, 0.1) is 5.41 Å². The summed E-state index contributed by atoms with van der Waals surface area (Å²) in [5.41, 5.74) is 5.31. The fourth-order valence-corrected chi connectivity index (χ4v) is 2.95. The molecule has 4 nitrogen and oxygen atoms in total. The van der Waals surface area contributed by atoms with Crippen molar-refractivity contribution in [1.29, 1.82) is 0 Å². The number of likely N-dealkylation sites (tertiary alicyclic amines) is 1. The predicted octanol–water partition coefficient (Wildman–Crippen LogP) is 1.04. The zero-order valence-corrected chi connectivity index (χ0v) is 9.87. The molecule has 4 heteroatoms. The molecule has 0 bridgehead atoms. The molecule has 1 aliphatic carbocycles. The summed E-state index contributed by atoms with van der Waals surface area (Å²) in [4.78, 5) is 25.5. The largest absolute Gasteiger partial charge is 0.326 e. The first-order valence-electron chi connectivity index (χ1n) is 6.15. The summed E-state index contributed by atoms with van der Waals surface area (Å²) in [7, 11) is 0. The fourth-order valence-electron chi connectivity index (χ4n) is 2.95. The van der Waals surface area contributed by atoms with Gasteiger partial charge in [0.05, 0.1) is 5.41 Å². The Morgan fingerprint density at radius 3 is 2.50 bits per heavy atom. The van der Waals surface area contributed by atoms with Crippen molar-refractivity contribution >= 4 is 11.8 Å². The van der Waals surface area contributed by atoms with E-state index in [1.165, 1.54) is 11.3 Å². The third-order valence-electron chi connectivity index (χ3n) is 3.77. The van der Waals surface area contributed by atoms with Gasteiger partial charge in [0.15, 0.2) is 0 Å². The van der Waals surface area contributed by atoms with Gasteiger partial charge in [-0.25, -0.2) is 0 Å². The van der Waals surface area contributed by atoms with Crippen molar-refractivity contribution in [3.63, 3.8) is 0 Å². The summed E-state index contributed by atoms with van der Waals surface area (Å²) in [5, 5.41) is 0. The molecular weight excluding hydrogens is 204 g/mol. The standard InChI is InChI=1S/C12H20N2O2/c1-9(13)8-14-10(15)7-12(11(14)16)5-3-2-4-6-12/h9H,2-8,13H2,1H3. The van der Waals surface area contributed by atoms with E-state index in [1.807, 2.05) is 6.92 Å². The number of hydrogen-bond donors (Lipinski definition) is 1. The molecule has 1 heterocycles. The van der Waals surface area contributed by atoms with Crippen molar-refractivity contribution in [2.24, 2.45) is 11.1 Å². The van der Waals surface area contributed by atoms with Crippen molar-refractivity contribution in [3.8, 4) is 0 Å². The fraction of sp³-hybridized carbons (Fsp3) is 0.833. The van der Waals surface area contributed by atoms with E-state index in [4.69, 9.17) is 5.73 Å². The number of hydrogen-bond acceptors (Lipinski definition) is 3. The molecule has 1 atom stereocenters. The first kappa shape index (κ1) is 11.6. The first-order valence-corrected chi connectivity index (χ1v) is 6.15.